The Morgan fingerprint density at radius 2 is 2.10 bits per heavy atom. The number of rotatable bonds is 3. The van der Waals surface area contributed by atoms with Gasteiger partial charge in [-0.15, -0.1) is 0 Å². The molecule has 1 aromatic rings. The summed E-state index contributed by atoms with van der Waals surface area (Å²) in [6.45, 7) is 5.13. The SMILES string of the molecule is CC(C)C1NC(=O)CN(CC2COc3ccccc32)C1=O. The summed E-state index contributed by atoms with van der Waals surface area (Å²) in [5.41, 5.74) is 1.12. The fourth-order valence-electron chi connectivity index (χ4n) is 2.98. The minimum atomic E-state index is -0.413. The number of para-hydroxylation sites is 1. The highest BCUT2D eigenvalue weighted by molar-refractivity contribution is 5.95. The molecule has 2 aliphatic rings. The topological polar surface area (TPSA) is 58.6 Å². The zero-order valence-corrected chi connectivity index (χ0v) is 12.3. The lowest BCUT2D eigenvalue weighted by molar-refractivity contribution is -0.145. The van der Waals surface area contributed by atoms with E-state index in [9.17, 15) is 9.59 Å². The van der Waals surface area contributed by atoms with Crippen molar-refractivity contribution in [2.45, 2.75) is 25.8 Å². The molecule has 2 unspecified atom stereocenters. The molecule has 21 heavy (non-hydrogen) atoms. The number of nitrogens with zero attached hydrogens (tertiary/aromatic N) is 1. The van der Waals surface area contributed by atoms with Gasteiger partial charge in [0.15, 0.2) is 0 Å². The largest absolute Gasteiger partial charge is 0.493 e. The molecule has 0 aliphatic carbocycles. The van der Waals surface area contributed by atoms with Crippen molar-refractivity contribution in [1.29, 1.82) is 0 Å². The molecule has 3 rings (SSSR count). The number of hydrogen-bond donors (Lipinski definition) is 1. The van der Waals surface area contributed by atoms with Gasteiger partial charge in [-0.3, -0.25) is 9.59 Å². The molecular weight excluding hydrogens is 268 g/mol. The van der Waals surface area contributed by atoms with Gasteiger partial charge in [0.2, 0.25) is 11.8 Å². The van der Waals surface area contributed by atoms with Gasteiger partial charge in [0.05, 0.1) is 13.2 Å². The third-order valence-corrected chi connectivity index (χ3v) is 4.13. The van der Waals surface area contributed by atoms with E-state index in [1.807, 2.05) is 38.1 Å². The predicted molar refractivity (Wildman–Crippen MR) is 78.0 cm³/mol. The fraction of sp³-hybridized carbons (Fsp3) is 0.500. The van der Waals surface area contributed by atoms with Gasteiger partial charge in [0.1, 0.15) is 11.8 Å². The Bertz CT molecular complexity index is 570. The standard InChI is InChI=1S/C16H20N2O3/c1-10(2)15-16(20)18(8-14(19)17-15)7-11-9-21-13-6-4-3-5-12(11)13/h3-6,10-11,15H,7-9H2,1-2H3,(H,17,19). The smallest absolute Gasteiger partial charge is 0.245 e. The second kappa shape index (κ2) is 5.39. The van der Waals surface area contributed by atoms with Gasteiger partial charge in [-0.2, -0.15) is 0 Å². The molecule has 1 saturated heterocycles. The lowest BCUT2D eigenvalue weighted by Crippen LogP contribution is -2.60. The van der Waals surface area contributed by atoms with E-state index in [0.717, 1.165) is 11.3 Å². The first-order chi connectivity index (χ1) is 10.1. The van der Waals surface area contributed by atoms with Crippen LogP contribution in [0.3, 0.4) is 0 Å². The summed E-state index contributed by atoms with van der Waals surface area (Å²) in [6, 6.07) is 7.47. The van der Waals surface area contributed by atoms with Gasteiger partial charge >= 0.3 is 0 Å². The van der Waals surface area contributed by atoms with Crippen LogP contribution in [0, 0.1) is 5.92 Å². The Morgan fingerprint density at radius 1 is 1.33 bits per heavy atom. The molecule has 0 saturated carbocycles. The van der Waals surface area contributed by atoms with Crippen LogP contribution < -0.4 is 10.1 Å². The van der Waals surface area contributed by atoms with Crippen molar-refractivity contribution < 1.29 is 14.3 Å². The molecule has 112 valence electrons. The summed E-state index contributed by atoms with van der Waals surface area (Å²) in [6.07, 6.45) is 0. The lowest BCUT2D eigenvalue weighted by Gasteiger charge is -2.35. The van der Waals surface area contributed by atoms with Crippen molar-refractivity contribution in [2.75, 3.05) is 19.7 Å². The quantitative estimate of drug-likeness (QED) is 0.907. The van der Waals surface area contributed by atoms with Gasteiger partial charge in [-0.05, 0) is 12.0 Å². The molecular formula is C16H20N2O3. The number of nitrogens with one attached hydrogen (secondary N) is 1. The number of carbonyl (C=O) groups excluding carboxylic acids is 2. The van der Waals surface area contributed by atoms with Crippen LogP contribution in [-0.4, -0.2) is 42.5 Å². The van der Waals surface area contributed by atoms with E-state index in [-0.39, 0.29) is 30.2 Å². The Morgan fingerprint density at radius 3 is 2.86 bits per heavy atom. The molecule has 5 nitrogen and oxygen atoms in total. The maximum Gasteiger partial charge on any atom is 0.245 e. The Balaban J connectivity index is 1.76. The van der Waals surface area contributed by atoms with Gasteiger partial charge in [-0.25, -0.2) is 0 Å². The zero-order valence-electron chi connectivity index (χ0n) is 12.3. The highest BCUT2D eigenvalue weighted by Gasteiger charge is 2.37. The number of hydrogen-bond acceptors (Lipinski definition) is 3. The summed E-state index contributed by atoms with van der Waals surface area (Å²) in [7, 11) is 0. The van der Waals surface area contributed by atoms with E-state index in [4.69, 9.17) is 4.74 Å². The molecule has 0 spiro atoms. The van der Waals surface area contributed by atoms with Gasteiger partial charge in [-0.1, -0.05) is 32.0 Å². The summed E-state index contributed by atoms with van der Waals surface area (Å²) >= 11 is 0. The molecule has 5 heteroatoms. The molecule has 0 bridgehead atoms. The van der Waals surface area contributed by atoms with Crippen LogP contribution in [0.25, 0.3) is 0 Å². The van der Waals surface area contributed by atoms with E-state index >= 15 is 0 Å². The average Bonchev–Trinajstić information content (AvgIpc) is 2.85. The second-order valence-electron chi connectivity index (χ2n) is 6.05. The van der Waals surface area contributed by atoms with Crippen LogP contribution in [0.2, 0.25) is 0 Å². The number of benzene rings is 1. The zero-order chi connectivity index (χ0) is 15.0. The molecule has 2 amide bonds. The molecule has 2 heterocycles. The maximum atomic E-state index is 12.5. The first-order valence-electron chi connectivity index (χ1n) is 7.36. The van der Waals surface area contributed by atoms with Crippen LogP contribution in [0.1, 0.15) is 25.3 Å². The Kier molecular flexibility index (Phi) is 3.57. The minimum Gasteiger partial charge on any atom is -0.493 e. The maximum absolute atomic E-state index is 12.5. The third-order valence-electron chi connectivity index (χ3n) is 4.13. The Labute approximate surface area is 124 Å². The number of fused-ring (bicyclic) bond motifs is 1. The van der Waals surface area contributed by atoms with Crippen molar-refractivity contribution in [2.24, 2.45) is 5.92 Å². The molecule has 0 aromatic heterocycles. The minimum absolute atomic E-state index is 0.00832. The van der Waals surface area contributed by atoms with E-state index in [0.29, 0.717) is 13.2 Å². The van der Waals surface area contributed by atoms with Crippen LogP contribution in [0.4, 0.5) is 0 Å². The highest BCUT2D eigenvalue weighted by Crippen LogP contribution is 2.34. The normalized spacial score (nSPS) is 24.8. The van der Waals surface area contributed by atoms with Crippen molar-refractivity contribution in [3.8, 4) is 5.75 Å². The van der Waals surface area contributed by atoms with Crippen molar-refractivity contribution in [1.82, 2.24) is 10.2 Å². The number of piperazine rings is 1. The van der Waals surface area contributed by atoms with Gasteiger partial charge in [0.25, 0.3) is 0 Å². The highest BCUT2D eigenvalue weighted by atomic mass is 16.5. The molecule has 1 N–H and O–H groups in total. The molecule has 0 radical (unpaired) electrons. The summed E-state index contributed by atoms with van der Waals surface area (Å²) in [5, 5.41) is 2.78. The number of ether oxygens (including phenoxy) is 1. The Hall–Kier alpha value is -2.04. The predicted octanol–water partition coefficient (Wildman–Crippen LogP) is 1.15. The second-order valence-corrected chi connectivity index (χ2v) is 6.05. The number of amides is 2. The van der Waals surface area contributed by atoms with Gasteiger partial charge in [0, 0.05) is 18.0 Å². The van der Waals surface area contributed by atoms with Crippen LogP contribution >= 0.6 is 0 Å². The number of carbonyl (C=O) groups is 2. The first kappa shape index (κ1) is 13.9. The van der Waals surface area contributed by atoms with Crippen molar-refractivity contribution in [3.05, 3.63) is 29.8 Å². The summed E-state index contributed by atoms with van der Waals surface area (Å²) < 4.78 is 5.65. The van der Waals surface area contributed by atoms with Gasteiger partial charge < -0.3 is 15.0 Å². The monoisotopic (exact) mass is 288 g/mol. The van der Waals surface area contributed by atoms with E-state index in [1.54, 1.807) is 4.90 Å². The van der Waals surface area contributed by atoms with Crippen LogP contribution in [-0.2, 0) is 9.59 Å². The van der Waals surface area contributed by atoms with Crippen LogP contribution in [0.5, 0.6) is 5.75 Å². The van der Waals surface area contributed by atoms with E-state index in [1.165, 1.54) is 0 Å². The summed E-state index contributed by atoms with van der Waals surface area (Å²) in [5.74, 6) is 1.05. The first-order valence-corrected chi connectivity index (χ1v) is 7.36. The van der Waals surface area contributed by atoms with Crippen LogP contribution in [0.15, 0.2) is 24.3 Å². The van der Waals surface area contributed by atoms with Crippen molar-refractivity contribution in [3.63, 3.8) is 0 Å². The molecule has 1 fully saturated rings. The average molecular weight is 288 g/mol. The van der Waals surface area contributed by atoms with E-state index in [2.05, 4.69) is 5.32 Å². The van der Waals surface area contributed by atoms with Crippen molar-refractivity contribution >= 4 is 11.8 Å². The fourth-order valence-corrected chi connectivity index (χ4v) is 2.98. The third kappa shape index (κ3) is 2.60. The lowest BCUT2D eigenvalue weighted by atomic mass is 9.97. The molecule has 2 aliphatic heterocycles. The van der Waals surface area contributed by atoms with E-state index < -0.39 is 6.04 Å². The molecule has 1 aromatic carbocycles. The molecule has 2 atom stereocenters. The summed E-state index contributed by atoms with van der Waals surface area (Å²) in [4.78, 5) is 26.0.